The molecule has 0 aromatic rings. The predicted molar refractivity (Wildman–Crippen MR) is 77.1 cm³/mol. The second-order valence-electron chi connectivity index (χ2n) is 5.07. The second kappa shape index (κ2) is 10.8. The molecule has 1 amide bonds. The maximum atomic E-state index is 11.4. The summed E-state index contributed by atoms with van der Waals surface area (Å²) >= 11 is 0. The van der Waals surface area contributed by atoms with E-state index in [0.29, 0.717) is 13.0 Å². The van der Waals surface area contributed by atoms with Crippen molar-refractivity contribution in [2.75, 3.05) is 6.54 Å². The molecule has 0 rings (SSSR count). The van der Waals surface area contributed by atoms with E-state index in [9.17, 15) is 14.7 Å². The van der Waals surface area contributed by atoms with Gasteiger partial charge in [-0.25, -0.2) is 4.79 Å². The summed E-state index contributed by atoms with van der Waals surface area (Å²) in [5.41, 5.74) is 0. The van der Waals surface area contributed by atoms with Crippen molar-refractivity contribution in [2.45, 2.75) is 78.2 Å². The lowest BCUT2D eigenvalue weighted by Gasteiger charge is -2.26. The third kappa shape index (κ3) is 7.85. The van der Waals surface area contributed by atoms with E-state index >= 15 is 0 Å². The van der Waals surface area contributed by atoms with Crippen molar-refractivity contribution >= 4 is 11.9 Å². The van der Waals surface area contributed by atoms with E-state index in [1.54, 1.807) is 0 Å². The summed E-state index contributed by atoms with van der Waals surface area (Å²) in [7, 11) is 0. The number of carbonyl (C=O) groups is 2. The SMILES string of the molecule is CCCCCCCCCC(C(=O)O)N(CC)C(C)=O. The number of likely N-dealkylation sites (N-methyl/N-ethyl adjacent to an activating group) is 1. The van der Waals surface area contributed by atoms with Crippen LogP contribution in [0.1, 0.15) is 72.1 Å². The van der Waals surface area contributed by atoms with Crippen LogP contribution >= 0.6 is 0 Å². The van der Waals surface area contributed by atoms with Gasteiger partial charge in [0.15, 0.2) is 0 Å². The molecule has 0 saturated heterocycles. The second-order valence-corrected chi connectivity index (χ2v) is 5.07. The molecule has 1 atom stereocenters. The molecule has 0 saturated carbocycles. The van der Waals surface area contributed by atoms with Crippen molar-refractivity contribution in [2.24, 2.45) is 0 Å². The van der Waals surface area contributed by atoms with E-state index in [2.05, 4.69) is 6.92 Å². The maximum absolute atomic E-state index is 11.4. The van der Waals surface area contributed by atoms with Gasteiger partial charge in [0, 0.05) is 13.5 Å². The van der Waals surface area contributed by atoms with Gasteiger partial charge in [-0.3, -0.25) is 4.79 Å². The minimum atomic E-state index is -0.886. The number of carbonyl (C=O) groups excluding carboxylic acids is 1. The first-order valence-electron chi connectivity index (χ1n) is 7.54. The highest BCUT2D eigenvalue weighted by Crippen LogP contribution is 2.13. The number of hydrogen-bond donors (Lipinski definition) is 1. The Labute approximate surface area is 117 Å². The highest BCUT2D eigenvalue weighted by Gasteiger charge is 2.25. The van der Waals surface area contributed by atoms with Crippen molar-refractivity contribution in [1.29, 1.82) is 0 Å². The van der Waals surface area contributed by atoms with Gasteiger partial charge < -0.3 is 10.0 Å². The van der Waals surface area contributed by atoms with Gasteiger partial charge in [0.05, 0.1) is 0 Å². The van der Waals surface area contributed by atoms with Crippen LogP contribution in [0.15, 0.2) is 0 Å². The highest BCUT2D eigenvalue weighted by molar-refractivity contribution is 5.82. The molecule has 0 fully saturated rings. The monoisotopic (exact) mass is 271 g/mol. The van der Waals surface area contributed by atoms with Crippen molar-refractivity contribution in [1.82, 2.24) is 4.90 Å². The van der Waals surface area contributed by atoms with E-state index in [-0.39, 0.29) is 5.91 Å². The zero-order valence-corrected chi connectivity index (χ0v) is 12.7. The molecule has 0 heterocycles. The summed E-state index contributed by atoms with van der Waals surface area (Å²) in [6.07, 6.45) is 8.70. The summed E-state index contributed by atoms with van der Waals surface area (Å²) in [5.74, 6) is -1.04. The first-order chi connectivity index (χ1) is 9.04. The lowest BCUT2D eigenvalue weighted by atomic mass is 10.0. The minimum Gasteiger partial charge on any atom is -0.480 e. The molecule has 0 aromatic carbocycles. The van der Waals surface area contributed by atoms with Crippen molar-refractivity contribution in [3.8, 4) is 0 Å². The number of aliphatic carboxylic acids is 1. The van der Waals surface area contributed by atoms with Gasteiger partial charge in [-0.1, -0.05) is 51.9 Å². The summed E-state index contributed by atoms with van der Waals surface area (Å²) in [4.78, 5) is 24.0. The molecule has 0 bridgehead atoms. The number of hydrogen-bond acceptors (Lipinski definition) is 2. The number of carboxylic acids is 1. The Morgan fingerprint density at radius 2 is 1.53 bits per heavy atom. The highest BCUT2D eigenvalue weighted by atomic mass is 16.4. The van der Waals surface area contributed by atoms with E-state index in [4.69, 9.17) is 0 Å². The Morgan fingerprint density at radius 1 is 1.00 bits per heavy atom. The summed E-state index contributed by atoms with van der Waals surface area (Å²) in [5, 5.41) is 9.20. The van der Waals surface area contributed by atoms with Gasteiger partial charge in [-0.05, 0) is 13.3 Å². The predicted octanol–water partition coefficient (Wildman–Crippen LogP) is 3.45. The molecule has 4 heteroatoms. The van der Waals surface area contributed by atoms with Gasteiger partial charge in [-0.15, -0.1) is 0 Å². The summed E-state index contributed by atoms with van der Waals surface area (Å²) < 4.78 is 0. The van der Waals surface area contributed by atoms with Crippen LogP contribution in [0.2, 0.25) is 0 Å². The molecule has 4 nitrogen and oxygen atoms in total. The summed E-state index contributed by atoms with van der Waals surface area (Å²) in [6, 6.07) is -0.654. The molecule has 19 heavy (non-hydrogen) atoms. The van der Waals surface area contributed by atoms with Crippen molar-refractivity contribution in [3.05, 3.63) is 0 Å². The number of rotatable bonds is 11. The molecular weight excluding hydrogens is 242 g/mol. The Bertz CT molecular complexity index is 266. The molecule has 0 spiro atoms. The normalized spacial score (nSPS) is 12.2. The van der Waals surface area contributed by atoms with Gasteiger partial charge in [0.2, 0.25) is 5.91 Å². The Hall–Kier alpha value is -1.06. The average molecular weight is 271 g/mol. The maximum Gasteiger partial charge on any atom is 0.326 e. The fourth-order valence-corrected chi connectivity index (χ4v) is 2.37. The minimum absolute atomic E-state index is 0.155. The van der Waals surface area contributed by atoms with Gasteiger partial charge >= 0.3 is 5.97 Å². The van der Waals surface area contributed by atoms with Crippen LogP contribution in [0, 0.1) is 0 Å². The topological polar surface area (TPSA) is 57.6 Å². The van der Waals surface area contributed by atoms with Gasteiger partial charge in [0.1, 0.15) is 6.04 Å². The van der Waals surface area contributed by atoms with E-state index in [1.165, 1.54) is 43.9 Å². The van der Waals surface area contributed by atoms with Crippen LogP contribution in [0.25, 0.3) is 0 Å². The molecule has 112 valence electrons. The Kier molecular flexibility index (Phi) is 10.2. The lowest BCUT2D eigenvalue weighted by Crippen LogP contribution is -2.43. The first-order valence-corrected chi connectivity index (χ1v) is 7.54. The van der Waals surface area contributed by atoms with E-state index in [0.717, 1.165) is 12.8 Å². The lowest BCUT2D eigenvalue weighted by molar-refractivity contribution is -0.149. The molecular formula is C15H29NO3. The van der Waals surface area contributed by atoms with Gasteiger partial charge in [-0.2, -0.15) is 0 Å². The molecule has 0 aliphatic carbocycles. The van der Waals surface area contributed by atoms with Crippen LogP contribution in [0.5, 0.6) is 0 Å². The third-order valence-electron chi connectivity index (χ3n) is 3.49. The van der Waals surface area contributed by atoms with E-state index in [1.807, 2.05) is 6.92 Å². The number of unbranched alkanes of at least 4 members (excludes halogenated alkanes) is 6. The largest absolute Gasteiger partial charge is 0.480 e. The van der Waals surface area contributed by atoms with Gasteiger partial charge in [0.25, 0.3) is 0 Å². The molecule has 1 N–H and O–H groups in total. The standard InChI is InChI=1S/C15H29NO3/c1-4-6-7-8-9-10-11-12-14(15(18)19)16(5-2)13(3)17/h14H,4-12H2,1-3H3,(H,18,19). The number of amides is 1. The smallest absolute Gasteiger partial charge is 0.326 e. The van der Waals surface area contributed by atoms with Crippen LogP contribution in [-0.2, 0) is 9.59 Å². The fourth-order valence-electron chi connectivity index (χ4n) is 2.37. The average Bonchev–Trinajstić information content (AvgIpc) is 2.35. The van der Waals surface area contributed by atoms with Crippen LogP contribution in [-0.4, -0.2) is 34.5 Å². The quantitative estimate of drug-likeness (QED) is 0.586. The van der Waals surface area contributed by atoms with E-state index < -0.39 is 12.0 Å². The molecule has 0 radical (unpaired) electrons. The van der Waals surface area contributed by atoms with Crippen molar-refractivity contribution in [3.63, 3.8) is 0 Å². The number of nitrogens with zero attached hydrogens (tertiary/aromatic N) is 1. The first kappa shape index (κ1) is 17.9. The molecule has 0 aliphatic heterocycles. The zero-order chi connectivity index (χ0) is 14.7. The zero-order valence-electron chi connectivity index (χ0n) is 12.7. The van der Waals surface area contributed by atoms with Crippen molar-refractivity contribution < 1.29 is 14.7 Å². The van der Waals surface area contributed by atoms with Crippen LogP contribution in [0.4, 0.5) is 0 Å². The molecule has 0 aromatic heterocycles. The van der Waals surface area contributed by atoms with Crippen LogP contribution < -0.4 is 0 Å². The fraction of sp³-hybridized carbons (Fsp3) is 0.867. The number of carboxylic acid groups (broad SMARTS) is 1. The third-order valence-corrected chi connectivity index (χ3v) is 3.49. The molecule has 1 unspecified atom stereocenters. The summed E-state index contributed by atoms with van der Waals surface area (Å²) in [6.45, 7) is 5.91. The Balaban J connectivity index is 3.96. The molecule has 0 aliphatic rings. The van der Waals surface area contributed by atoms with Crippen LogP contribution in [0.3, 0.4) is 0 Å². The Morgan fingerprint density at radius 3 is 1.95 bits per heavy atom.